The van der Waals surface area contributed by atoms with E-state index in [0.29, 0.717) is 24.8 Å². The second-order valence-electron chi connectivity index (χ2n) is 9.65. The van der Waals surface area contributed by atoms with Gasteiger partial charge in [0.2, 0.25) is 0 Å². The van der Waals surface area contributed by atoms with Crippen LogP contribution in [0.1, 0.15) is 64.4 Å². The lowest BCUT2D eigenvalue weighted by atomic mass is 10.0. The molecule has 5 nitrogen and oxygen atoms in total. The molecule has 0 aliphatic carbocycles. The van der Waals surface area contributed by atoms with E-state index in [1.54, 1.807) is 18.7 Å². The number of rotatable bonds is 16. The third kappa shape index (κ3) is 9.37. The van der Waals surface area contributed by atoms with Crippen LogP contribution in [0.4, 0.5) is 0 Å². The number of hydrogen-bond acceptors (Lipinski definition) is 6. The Labute approximate surface area is 224 Å². The van der Waals surface area contributed by atoms with E-state index in [-0.39, 0.29) is 6.61 Å². The molecule has 0 spiro atoms. The summed E-state index contributed by atoms with van der Waals surface area (Å²) in [5, 5.41) is 21.5. The van der Waals surface area contributed by atoms with Crippen molar-refractivity contribution >= 4 is 28.7 Å². The topological polar surface area (TPSA) is 79.9 Å². The maximum Gasteiger partial charge on any atom is 0.333 e. The van der Waals surface area contributed by atoms with Gasteiger partial charge in [0.25, 0.3) is 0 Å². The van der Waals surface area contributed by atoms with Gasteiger partial charge in [-0.2, -0.15) is 0 Å². The number of thioether (sulfide) groups is 1. The number of benzene rings is 2. The Morgan fingerprint density at radius 1 is 1.00 bits per heavy atom. The van der Waals surface area contributed by atoms with Crippen molar-refractivity contribution in [2.75, 3.05) is 12.4 Å². The third-order valence-electron chi connectivity index (χ3n) is 6.38. The Bertz CT molecular complexity index is 1130. The first kappa shape index (κ1) is 29.0. The van der Waals surface area contributed by atoms with Crippen LogP contribution in [-0.2, 0) is 16.0 Å². The highest BCUT2D eigenvalue weighted by molar-refractivity contribution is 7.99. The molecule has 0 fully saturated rings. The molecule has 200 valence electrons. The third-order valence-corrected chi connectivity index (χ3v) is 7.46. The number of aryl methyl sites for hydroxylation is 1. The molecule has 0 bridgehead atoms. The number of hydrogen-bond donors (Lipinski definition) is 2. The molecule has 2 atom stereocenters. The van der Waals surface area contributed by atoms with E-state index in [1.165, 1.54) is 24.8 Å². The first-order valence-corrected chi connectivity index (χ1v) is 14.3. The van der Waals surface area contributed by atoms with E-state index in [9.17, 15) is 15.0 Å². The number of esters is 1. The first-order valence-electron chi connectivity index (χ1n) is 13.3. The lowest BCUT2D eigenvalue weighted by Gasteiger charge is -2.17. The Kier molecular flexibility index (Phi) is 11.8. The largest absolute Gasteiger partial charge is 0.462 e. The lowest BCUT2D eigenvalue weighted by molar-refractivity contribution is -0.139. The minimum Gasteiger partial charge on any atom is -0.462 e. The van der Waals surface area contributed by atoms with E-state index in [1.807, 2.05) is 0 Å². The Morgan fingerprint density at radius 2 is 1.73 bits per heavy atom. The summed E-state index contributed by atoms with van der Waals surface area (Å²) in [5.74, 6) is 1.28. The molecular formula is C31H40O5S. The van der Waals surface area contributed by atoms with E-state index < -0.39 is 18.2 Å². The molecule has 37 heavy (non-hydrogen) atoms. The SMILES string of the molecule is C=C(C)C(=O)OCCCC(O)C(O)CCCSc1ccc2cc(-c3ccc(CCCCC)cc3)oc2c1. The fraction of sp³-hybridized carbons (Fsp3) is 0.452. The molecule has 1 heterocycles. The molecule has 0 aliphatic heterocycles. The predicted molar refractivity (Wildman–Crippen MR) is 152 cm³/mol. The number of unbranched alkanes of at least 4 members (excludes halogenated alkanes) is 2. The lowest BCUT2D eigenvalue weighted by Crippen LogP contribution is -2.26. The van der Waals surface area contributed by atoms with Crippen LogP contribution in [0.25, 0.3) is 22.3 Å². The van der Waals surface area contributed by atoms with Crippen molar-refractivity contribution in [1.82, 2.24) is 0 Å². The summed E-state index contributed by atoms with van der Waals surface area (Å²) < 4.78 is 11.2. The highest BCUT2D eigenvalue weighted by Crippen LogP contribution is 2.31. The summed E-state index contributed by atoms with van der Waals surface area (Å²) >= 11 is 1.71. The van der Waals surface area contributed by atoms with Crippen molar-refractivity contribution in [1.29, 1.82) is 0 Å². The van der Waals surface area contributed by atoms with Gasteiger partial charge in [0.15, 0.2) is 0 Å². The summed E-state index contributed by atoms with van der Waals surface area (Å²) in [6.45, 7) is 7.57. The van der Waals surface area contributed by atoms with Crippen molar-refractivity contribution in [2.24, 2.45) is 0 Å². The molecule has 3 rings (SSSR count). The fourth-order valence-corrected chi connectivity index (χ4v) is 5.01. The van der Waals surface area contributed by atoms with Gasteiger partial charge in [-0.1, -0.05) is 50.6 Å². The zero-order chi connectivity index (χ0) is 26.6. The van der Waals surface area contributed by atoms with E-state index >= 15 is 0 Å². The van der Waals surface area contributed by atoms with E-state index in [0.717, 1.165) is 45.8 Å². The maximum atomic E-state index is 11.4. The molecule has 0 amide bonds. The highest BCUT2D eigenvalue weighted by atomic mass is 32.2. The van der Waals surface area contributed by atoms with Gasteiger partial charge in [-0.15, -0.1) is 11.8 Å². The van der Waals surface area contributed by atoms with Crippen LogP contribution < -0.4 is 0 Å². The minimum atomic E-state index is -0.822. The molecule has 1 aromatic heterocycles. The normalized spacial score (nSPS) is 13.0. The van der Waals surface area contributed by atoms with Gasteiger partial charge in [-0.25, -0.2) is 4.79 Å². The van der Waals surface area contributed by atoms with E-state index in [4.69, 9.17) is 9.15 Å². The monoisotopic (exact) mass is 524 g/mol. The smallest absolute Gasteiger partial charge is 0.333 e. The predicted octanol–water partition coefficient (Wildman–Crippen LogP) is 7.33. The summed E-state index contributed by atoms with van der Waals surface area (Å²) in [4.78, 5) is 12.5. The molecule has 2 aromatic carbocycles. The number of ether oxygens (including phenoxy) is 1. The molecule has 0 saturated heterocycles. The zero-order valence-electron chi connectivity index (χ0n) is 22.1. The van der Waals surface area contributed by atoms with Gasteiger partial charge in [0.1, 0.15) is 11.3 Å². The van der Waals surface area contributed by atoms with Crippen molar-refractivity contribution in [2.45, 2.75) is 82.3 Å². The average molecular weight is 525 g/mol. The molecule has 6 heteroatoms. The van der Waals surface area contributed by atoms with Crippen molar-refractivity contribution in [3.63, 3.8) is 0 Å². The van der Waals surface area contributed by atoms with Crippen molar-refractivity contribution in [3.05, 3.63) is 66.2 Å². The molecular weight excluding hydrogens is 484 g/mol. The van der Waals surface area contributed by atoms with Crippen LogP contribution in [0, 0.1) is 0 Å². The summed E-state index contributed by atoms with van der Waals surface area (Å²) in [7, 11) is 0. The quantitative estimate of drug-likeness (QED) is 0.0884. The number of fused-ring (bicyclic) bond motifs is 1. The van der Waals surface area contributed by atoms with E-state index in [2.05, 4.69) is 62.0 Å². The first-order chi connectivity index (χ1) is 17.9. The fourth-order valence-electron chi connectivity index (χ4n) is 4.11. The second kappa shape index (κ2) is 15.0. The van der Waals surface area contributed by atoms with Gasteiger partial charge in [0.05, 0.1) is 18.8 Å². The van der Waals surface area contributed by atoms with Crippen LogP contribution in [0.5, 0.6) is 0 Å². The molecule has 3 aromatic rings. The standard InChI is InChI=1S/C31H40O5S/c1-4-5-6-9-23-12-14-24(15-13-23)29-20-25-16-17-26(21-30(25)36-29)37-19-8-11-28(33)27(32)10-7-18-35-31(34)22(2)3/h12-17,20-21,27-28,32-33H,2,4-11,18-19H2,1,3H3. The Hall–Kier alpha value is -2.54. The molecule has 0 saturated carbocycles. The van der Waals surface area contributed by atoms with Gasteiger partial charge in [0, 0.05) is 21.4 Å². The number of carbonyl (C=O) groups is 1. The van der Waals surface area contributed by atoms with Crippen molar-refractivity contribution in [3.8, 4) is 11.3 Å². The number of furan rings is 1. The zero-order valence-corrected chi connectivity index (χ0v) is 22.9. The second-order valence-corrected chi connectivity index (χ2v) is 10.8. The van der Waals surface area contributed by atoms with Gasteiger partial charge in [-0.05, 0) is 81.0 Å². The summed E-state index contributed by atoms with van der Waals surface area (Å²) in [5.41, 5.74) is 3.68. The molecule has 2 unspecified atom stereocenters. The molecule has 2 N–H and O–H groups in total. The van der Waals surface area contributed by atoms with Crippen LogP contribution in [0.2, 0.25) is 0 Å². The minimum absolute atomic E-state index is 0.215. The number of aliphatic hydroxyl groups excluding tert-OH is 2. The Morgan fingerprint density at radius 3 is 2.43 bits per heavy atom. The number of aliphatic hydroxyl groups is 2. The highest BCUT2D eigenvalue weighted by Gasteiger charge is 2.16. The maximum absolute atomic E-state index is 11.4. The van der Waals surface area contributed by atoms with Gasteiger partial charge < -0.3 is 19.4 Å². The van der Waals surface area contributed by atoms with Crippen LogP contribution in [0.15, 0.2) is 70.0 Å². The van der Waals surface area contributed by atoms with Crippen LogP contribution in [-0.4, -0.2) is 40.8 Å². The Balaban J connectivity index is 1.42. The average Bonchev–Trinajstić information content (AvgIpc) is 3.32. The van der Waals surface area contributed by atoms with Gasteiger partial charge >= 0.3 is 5.97 Å². The molecule has 0 aliphatic rings. The number of carbonyl (C=O) groups excluding carboxylic acids is 1. The van der Waals surface area contributed by atoms with Crippen LogP contribution >= 0.6 is 11.8 Å². The molecule has 0 radical (unpaired) electrons. The summed E-state index contributed by atoms with van der Waals surface area (Å²) in [6.07, 6.45) is 5.43. The van der Waals surface area contributed by atoms with Crippen LogP contribution in [0.3, 0.4) is 0 Å². The van der Waals surface area contributed by atoms with Crippen molar-refractivity contribution < 1.29 is 24.2 Å². The van der Waals surface area contributed by atoms with Gasteiger partial charge in [-0.3, -0.25) is 0 Å². The summed E-state index contributed by atoms with van der Waals surface area (Å²) in [6, 6.07) is 17.0.